The first kappa shape index (κ1) is 17.7. The van der Waals surface area contributed by atoms with Crippen molar-refractivity contribution in [1.29, 1.82) is 0 Å². The van der Waals surface area contributed by atoms with Crippen molar-refractivity contribution in [1.82, 2.24) is 19.8 Å². The molecule has 6 nitrogen and oxygen atoms in total. The first-order valence-corrected chi connectivity index (χ1v) is 10.2. The van der Waals surface area contributed by atoms with Crippen LogP contribution in [0.2, 0.25) is 0 Å². The van der Waals surface area contributed by atoms with Crippen LogP contribution in [0.15, 0.2) is 4.79 Å². The Kier molecular flexibility index (Phi) is 5.11. The van der Waals surface area contributed by atoms with E-state index >= 15 is 0 Å². The number of nitrogens with one attached hydrogen (secondary N) is 1. The lowest BCUT2D eigenvalue weighted by Crippen LogP contribution is -2.41. The summed E-state index contributed by atoms with van der Waals surface area (Å²) in [6.07, 6.45) is 6.85. The lowest BCUT2D eigenvalue weighted by Gasteiger charge is -2.33. The van der Waals surface area contributed by atoms with E-state index in [-0.39, 0.29) is 11.5 Å². The zero-order chi connectivity index (χ0) is 18.1. The molecule has 1 N–H and O–H groups in total. The molecule has 26 heavy (non-hydrogen) atoms. The summed E-state index contributed by atoms with van der Waals surface area (Å²) in [6.45, 7) is 6.67. The zero-order valence-electron chi connectivity index (χ0n) is 15.8. The standard InChI is InChI=1S/C20H30N4O2/c1-2-23-8-5-15(6-9-23)12-19(25)24-10-7-16-17(13-24)21-18(22-20(16)26)11-14-3-4-14/h14-15H,2-13H2,1H3,(H,21,22,26). The van der Waals surface area contributed by atoms with Gasteiger partial charge in [-0.15, -0.1) is 0 Å². The number of piperidine rings is 1. The Morgan fingerprint density at radius 3 is 2.62 bits per heavy atom. The molecule has 0 aromatic carbocycles. The molecule has 3 heterocycles. The van der Waals surface area contributed by atoms with Crippen LogP contribution in [0.4, 0.5) is 0 Å². The maximum atomic E-state index is 12.8. The van der Waals surface area contributed by atoms with Crippen LogP contribution in [0.25, 0.3) is 0 Å². The smallest absolute Gasteiger partial charge is 0.254 e. The van der Waals surface area contributed by atoms with E-state index in [0.29, 0.717) is 37.8 Å². The second-order valence-electron chi connectivity index (χ2n) is 8.23. The molecule has 0 atom stereocenters. The predicted molar refractivity (Wildman–Crippen MR) is 99.9 cm³/mol. The van der Waals surface area contributed by atoms with Crippen molar-refractivity contribution in [2.45, 2.75) is 58.4 Å². The summed E-state index contributed by atoms with van der Waals surface area (Å²) < 4.78 is 0. The Morgan fingerprint density at radius 1 is 1.15 bits per heavy atom. The van der Waals surface area contributed by atoms with Gasteiger partial charge in [-0.25, -0.2) is 4.98 Å². The third-order valence-corrected chi connectivity index (χ3v) is 6.27. The molecule has 1 saturated heterocycles. The van der Waals surface area contributed by atoms with E-state index < -0.39 is 0 Å². The fraction of sp³-hybridized carbons (Fsp3) is 0.750. The van der Waals surface area contributed by atoms with Crippen molar-refractivity contribution in [3.05, 3.63) is 27.4 Å². The predicted octanol–water partition coefficient (Wildman–Crippen LogP) is 1.73. The van der Waals surface area contributed by atoms with Gasteiger partial charge < -0.3 is 14.8 Å². The van der Waals surface area contributed by atoms with E-state index in [0.717, 1.165) is 56.0 Å². The van der Waals surface area contributed by atoms with Gasteiger partial charge in [-0.05, 0) is 63.6 Å². The number of aromatic amines is 1. The number of amides is 1. The van der Waals surface area contributed by atoms with Gasteiger partial charge in [-0.1, -0.05) is 6.92 Å². The van der Waals surface area contributed by atoms with Crippen LogP contribution in [0, 0.1) is 11.8 Å². The zero-order valence-corrected chi connectivity index (χ0v) is 15.8. The summed E-state index contributed by atoms with van der Waals surface area (Å²) in [6, 6.07) is 0. The first-order valence-electron chi connectivity index (χ1n) is 10.2. The summed E-state index contributed by atoms with van der Waals surface area (Å²) in [4.78, 5) is 37.1. The van der Waals surface area contributed by atoms with Gasteiger partial charge in [-0.3, -0.25) is 9.59 Å². The molecule has 1 aromatic heterocycles. The lowest BCUT2D eigenvalue weighted by atomic mass is 9.92. The fourth-order valence-corrected chi connectivity index (χ4v) is 4.28. The highest BCUT2D eigenvalue weighted by atomic mass is 16.2. The Morgan fingerprint density at radius 2 is 1.92 bits per heavy atom. The number of carbonyl (C=O) groups excluding carboxylic acids is 1. The Labute approximate surface area is 155 Å². The number of rotatable bonds is 5. The summed E-state index contributed by atoms with van der Waals surface area (Å²) in [5.41, 5.74) is 1.61. The van der Waals surface area contributed by atoms with Crippen molar-refractivity contribution in [3.8, 4) is 0 Å². The van der Waals surface area contributed by atoms with Crippen LogP contribution >= 0.6 is 0 Å². The van der Waals surface area contributed by atoms with Crippen LogP contribution in [-0.2, 0) is 24.2 Å². The number of fused-ring (bicyclic) bond motifs is 1. The number of carbonyl (C=O) groups is 1. The molecule has 1 aliphatic carbocycles. The molecule has 142 valence electrons. The van der Waals surface area contributed by atoms with Crippen LogP contribution < -0.4 is 5.56 Å². The van der Waals surface area contributed by atoms with Gasteiger partial charge >= 0.3 is 0 Å². The summed E-state index contributed by atoms with van der Waals surface area (Å²) in [7, 11) is 0. The molecule has 0 bridgehead atoms. The second kappa shape index (κ2) is 7.51. The van der Waals surface area contributed by atoms with Gasteiger partial charge in [0.25, 0.3) is 5.56 Å². The number of hydrogen-bond acceptors (Lipinski definition) is 4. The van der Waals surface area contributed by atoms with Crippen molar-refractivity contribution in [3.63, 3.8) is 0 Å². The van der Waals surface area contributed by atoms with E-state index in [9.17, 15) is 9.59 Å². The molecule has 2 fully saturated rings. The van der Waals surface area contributed by atoms with E-state index in [1.54, 1.807) is 0 Å². The number of aromatic nitrogens is 2. The summed E-state index contributed by atoms with van der Waals surface area (Å²) in [5, 5.41) is 0. The van der Waals surface area contributed by atoms with E-state index in [4.69, 9.17) is 4.98 Å². The monoisotopic (exact) mass is 358 g/mol. The van der Waals surface area contributed by atoms with Gasteiger partial charge in [0.05, 0.1) is 12.2 Å². The molecule has 1 amide bonds. The highest BCUT2D eigenvalue weighted by Gasteiger charge is 2.28. The van der Waals surface area contributed by atoms with Crippen molar-refractivity contribution in [2.75, 3.05) is 26.2 Å². The van der Waals surface area contributed by atoms with Crippen LogP contribution in [0.1, 0.15) is 56.1 Å². The third-order valence-electron chi connectivity index (χ3n) is 6.27. The van der Waals surface area contributed by atoms with E-state index in [1.165, 1.54) is 12.8 Å². The van der Waals surface area contributed by atoms with Crippen LogP contribution in [0.3, 0.4) is 0 Å². The van der Waals surface area contributed by atoms with Gasteiger partial charge in [0, 0.05) is 24.9 Å². The molecule has 0 spiro atoms. The summed E-state index contributed by atoms with van der Waals surface area (Å²) >= 11 is 0. The van der Waals surface area contributed by atoms with Gasteiger partial charge in [0.15, 0.2) is 0 Å². The third kappa shape index (κ3) is 4.00. The second-order valence-corrected chi connectivity index (χ2v) is 8.23. The van der Waals surface area contributed by atoms with Crippen LogP contribution in [0.5, 0.6) is 0 Å². The number of hydrogen-bond donors (Lipinski definition) is 1. The van der Waals surface area contributed by atoms with Gasteiger partial charge in [-0.2, -0.15) is 0 Å². The maximum Gasteiger partial charge on any atom is 0.254 e. The quantitative estimate of drug-likeness (QED) is 0.870. The highest BCUT2D eigenvalue weighted by molar-refractivity contribution is 5.76. The van der Waals surface area contributed by atoms with Crippen molar-refractivity contribution < 1.29 is 4.79 Å². The lowest BCUT2D eigenvalue weighted by molar-refractivity contribution is -0.133. The Bertz CT molecular complexity index is 717. The van der Waals surface area contributed by atoms with Gasteiger partial charge in [0.1, 0.15) is 5.82 Å². The number of H-pyrrole nitrogens is 1. The minimum absolute atomic E-state index is 0.00434. The average molecular weight is 358 g/mol. The van der Waals surface area contributed by atoms with E-state index in [1.807, 2.05) is 4.90 Å². The molecular weight excluding hydrogens is 328 g/mol. The first-order chi connectivity index (χ1) is 12.6. The summed E-state index contributed by atoms with van der Waals surface area (Å²) in [5.74, 6) is 2.23. The SMILES string of the molecule is CCN1CCC(CC(=O)N2CCc3c(nc(CC4CC4)[nH]c3=O)C2)CC1. The van der Waals surface area contributed by atoms with Crippen molar-refractivity contribution in [2.24, 2.45) is 11.8 Å². The molecular formula is C20H30N4O2. The maximum absolute atomic E-state index is 12.8. The largest absolute Gasteiger partial charge is 0.336 e. The minimum atomic E-state index is 0.00434. The molecule has 1 saturated carbocycles. The number of likely N-dealkylation sites (tertiary alicyclic amines) is 1. The molecule has 0 unspecified atom stereocenters. The van der Waals surface area contributed by atoms with E-state index in [2.05, 4.69) is 16.8 Å². The Balaban J connectivity index is 1.38. The topological polar surface area (TPSA) is 69.3 Å². The highest BCUT2D eigenvalue weighted by Crippen LogP contribution is 2.31. The molecule has 2 aliphatic heterocycles. The molecule has 6 heteroatoms. The van der Waals surface area contributed by atoms with Gasteiger partial charge in [0.2, 0.25) is 5.91 Å². The molecule has 4 rings (SSSR count). The minimum Gasteiger partial charge on any atom is -0.336 e. The molecule has 1 aromatic rings. The normalized spacial score (nSPS) is 21.7. The van der Waals surface area contributed by atoms with Crippen LogP contribution in [-0.4, -0.2) is 51.9 Å². The fourth-order valence-electron chi connectivity index (χ4n) is 4.28. The average Bonchev–Trinajstić information content (AvgIpc) is 3.46. The number of nitrogens with zero attached hydrogens (tertiary/aromatic N) is 3. The molecule has 3 aliphatic rings. The Hall–Kier alpha value is -1.69. The van der Waals surface area contributed by atoms with Crippen molar-refractivity contribution >= 4 is 5.91 Å². The molecule has 0 radical (unpaired) electrons.